The quantitative estimate of drug-likeness (QED) is 0.677. The monoisotopic (exact) mass is 208 g/mol. The molecule has 2 rings (SSSR count). The molecule has 0 aliphatic carbocycles. The molecule has 0 aliphatic rings. The van der Waals surface area contributed by atoms with Crippen molar-refractivity contribution in [3.63, 3.8) is 0 Å². The molecule has 1 heterocycles. The number of rotatable bonds is 0. The number of benzene rings is 1. The van der Waals surface area contributed by atoms with E-state index in [1.54, 1.807) is 6.92 Å². The van der Waals surface area contributed by atoms with Crippen LogP contribution in [0, 0.1) is 19.7 Å². The molecule has 0 radical (unpaired) electrons. The molecule has 0 aliphatic heterocycles. The minimum absolute atomic E-state index is 0.201. The van der Waals surface area contributed by atoms with E-state index in [-0.39, 0.29) is 10.9 Å². The highest BCUT2D eigenvalue weighted by Crippen LogP contribution is 2.18. The number of halogens is 1. The second kappa shape index (κ2) is 3.05. The van der Waals surface area contributed by atoms with Gasteiger partial charge in [-0.3, -0.25) is 9.78 Å². The summed E-state index contributed by atoms with van der Waals surface area (Å²) >= 11 is 0. The molecule has 0 spiro atoms. The zero-order chi connectivity index (χ0) is 11.2. The SMILES string of the molecule is Cc1cc(F)c(C)c2c(=O)[nH]c(=O)[nH]c12. The lowest BCUT2D eigenvalue weighted by Gasteiger charge is -2.04. The van der Waals surface area contributed by atoms with Crippen LogP contribution in [0.1, 0.15) is 11.1 Å². The summed E-state index contributed by atoms with van der Waals surface area (Å²) in [5.74, 6) is -0.447. The van der Waals surface area contributed by atoms with Crippen LogP contribution in [0.4, 0.5) is 4.39 Å². The highest BCUT2D eigenvalue weighted by molar-refractivity contribution is 5.83. The van der Waals surface area contributed by atoms with E-state index in [0.717, 1.165) is 0 Å². The predicted octanol–water partition coefficient (Wildman–Crippen LogP) is 0.972. The van der Waals surface area contributed by atoms with Gasteiger partial charge in [-0.1, -0.05) is 0 Å². The second-order valence-corrected chi connectivity index (χ2v) is 3.46. The van der Waals surface area contributed by atoms with Gasteiger partial charge in [-0.05, 0) is 31.0 Å². The maximum Gasteiger partial charge on any atom is 0.326 e. The van der Waals surface area contributed by atoms with E-state index in [1.165, 1.54) is 13.0 Å². The fraction of sp³-hybridized carbons (Fsp3) is 0.200. The van der Waals surface area contributed by atoms with E-state index in [1.807, 2.05) is 0 Å². The van der Waals surface area contributed by atoms with Gasteiger partial charge in [0, 0.05) is 0 Å². The fourth-order valence-electron chi connectivity index (χ4n) is 1.63. The normalized spacial score (nSPS) is 10.9. The number of fused-ring (bicyclic) bond motifs is 1. The first-order valence-electron chi connectivity index (χ1n) is 4.42. The molecular weight excluding hydrogens is 199 g/mol. The molecule has 1 aromatic heterocycles. The van der Waals surface area contributed by atoms with Gasteiger partial charge in [-0.2, -0.15) is 0 Å². The van der Waals surface area contributed by atoms with Crippen LogP contribution in [-0.2, 0) is 0 Å². The predicted molar refractivity (Wildman–Crippen MR) is 54.6 cm³/mol. The summed E-state index contributed by atoms with van der Waals surface area (Å²) in [5.41, 5.74) is 0.0301. The first kappa shape index (κ1) is 9.64. The van der Waals surface area contributed by atoms with Gasteiger partial charge in [0.15, 0.2) is 0 Å². The number of aryl methyl sites for hydroxylation is 2. The minimum atomic E-state index is -0.582. The average molecular weight is 208 g/mol. The summed E-state index contributed by atoms with van der Waals surface area (Å²) in [6.45, 7) is 3.14. The third-order valence-electron chi connectivity index (χ3n) is 2.41. The summed E-state index contributed by atoms with van der Waals surface area (Å²) in [5, 5.41) is 0.201. The topological polar surface area (TPSA) is 65.7 Å². The minimum Gasteiger partial charge on any atom is -0.307 e. The first-order chi connectivity index (χ1) is 7.00. The fourth-order valence-corrected chi connectivity index (χ4v) is 1.63. The van der Waals surface area contributed by atoms with E-state index >= 15 is 0 Å². The van der Waals surface area contributed by atoms with Gasteiger partial charge in [0.1, 0.15) is 5.82 Å². The standard InChI is InChI=1S/C10H9FN2O2/c1-4-3-6(11)5(2)7-8(4)12-10(15)13-9(7)14/h3H,1-2H3,(H2,12,13,14,15). The Hall–Kier alpha value is -1.91. The molecule has 0 bridgehead atoms. The van der Waals surface area contributed by atoms with E-state index in [4.69, 9.17) is 0 Å². The summed E-state index contributed by atoms with van der Waals surface area (Å²) in [6.07, 6.45) is 0. The third-order valence-corrected chi connectivity index (χ3v) is 2.41. The Morgan fingerprint density at radius 1 is 1.20 bits per heavy atom. The Balaban J connectivity index is 3.17. The summed E-state index contributed by atoms with van der Waals surface area (Å²) in [4.78, 5) is 27.1. The molecule has 5 heteroatoms. The maximum atomic E-state index is 13.3. The molecule has 1 aromatic carbocycles. The van der Waals surface area contributed by atoms with Crippen LogP contribution in [0.3, 0.4) is 0 Å². The van der Waals surface area contributed by atoms with E-state index in [9.17, 15) is 14.0 Å². The molecule has 0 saturated carbocycles. The average Bonchev–Trinajstić information content (AvgIpc) is 2.13. The van der Waals surface area contributed by atoms with Crippen LogP contribution < -0.4 is 11.2 Å². The van der Waals surface area contributed by atoms with Crippen LogP contribution >= 0.6 is 0 Å². The second-order valence-electron chi connectivity index (χ2n) is 3.46. The van der Waals surface area contributed by atoms with Crippen molar-refractivity contribution in [3.05, 3.63) is 43.8 Å². The van der Waals surface area contributed by atoms with Crippen molar-refractivity contribution in [3.8, 4) is 0 Å². The van der Waals surface area contributed by atoms with Crippen LogP contribution in [0.25, 0.3) is 10.9 Å². The molecular formula is C10H9FN2O2. The van der Waals surface area contributed by atoms with Gasteiger partial charge in [0.2, 0.25) is 0 Å². The summed E-state index contributed by atoms with van der Waals surface area (Å²) in [6, 6.07) is 1.30. The molecule has 4 nitrogen and oxygen atoms in total. The van der Waals surface area contributed by atoms with E-state index in [2.05, 4.69) is 9.97 Å². The van der Waals surface area contributed by atoms with Crippen molar-refractivity contribution in [2.24, 2.45) is 0 Å². The van der Waals surface area contributed by atoms with Crippen molar-refractivity contribution in [2.45, 2.75) is 13.8 Å². The summed E-state index contributed by atoms with van der Waals surface area (Å²) < 4.78 is 13.3. The zero-order valence-corrected chi connectivity index (χ0v) is 8.27. The number of aromatic nitrogens is 2. The van der Waals surface area contributed by atoms with E-state index in [0.29, 0.717) is 11.1 Å². The Morgan fingerprint density at radius 2 is 1.87 bits per heavy atom. The molecule has 0 fully saturated rings. The smallest absolute Gasteiger partial charge is 0.307 e. The Kier molecular flexibility index (Phi) is 1.96. The number of H-pyrrole nitrogens is 2. The highest BCUT2D eigenvalue weighted by atomic mass is 19.1. The number of aromatic amines is 2. The molecule has 2 N–H and O–H groups in total. The van der Waals surface area contributed by atoms with Crippen molar-refractivity contribution in [2.75, 3.05) is 0 Å². The molecule has 0 unspecified atom stereocenters. The van der Waals surface area contributed by atoms with Crippen molar-refractivity contribution < 1.29 is 4.39 Å². The number of nitrogens with one attached hydrogen (secondary N) is 2. The van der Waals surface area contributed by atoms with Crippen LogP contribution in [-0.4, -0.2) is 9.97 Å². The zero-order valence-electron chi connectivity index (χ0n) is 8.27. The van der Waals surface area contributed by atoms with E-state index < -0.39 is 17.1 Å². The summed E-state index contributed by atoms with van der Waals surface area (Å²) in [7, 11) is 0. The maximum absolute atomic E-state index is 13.3. The van der Waals surface area contributed by atoms with Gasteiger partial charge < -0.3 is 4.98 Å². The molecule has 2 aromatic rings. The van der Waals surface area contributed by atoms with Gasteiger partial charge >= 0.3 is 5.69 Å². The molecule has 0 amide bonds. The lowest BCUT2D eigenvalue weighted by Crippen LogP contribution is -2.23. The van der Waals surface area contributed by atoms with Gasteiger partial charge in [-0.25, -0.2) is 9.18 Å². The number of hydrogen-bond donors (Lipinski definition) is 2. The lowest BCUT2D eigenvalue weighted by atomic mass is 10.1. The first-order valence-corrected chi connectivity index (χ1v) is 4.42. The van der Waals surface area contributed by atoms with Crippen molar-refractivity contribution >= 4 is 10.9 Å². The molecule has 15 heavy (non-hydrogen) atoms. The van der Waals surface area contributed by atoms with Crippen LogP contribution in [0.15, 0.2) is 15.7 Å². The van der Waals surface area contributed by atoms with Crippen LogP contribution in [0.2, 0.25) is 0 Å². The number of hydrogen-bond acceptors (Lipinski definition) is 2. The Labute approximate surface area is 83.8 Å². The third kappa shape index (κ3) is 1.36. The molecule has 0 saturated heterocycles. The molecule has 0 atom stereocenters. The highest BCUT2D eigenvalue weighted by Gasteiger charge is 2.10. The van der Waals surface area contributed by atoms with Gasteiger partial charge in [-0.15, -0.1) is 0 Å². The van der Waals surface area contributed by atoms with Crippen molar-refractivity contribution in [1.82, 2.24) is 9.97 Å². The Bertz CT molecular complexity index is 655. The molecule has 78 valence electrons. The van der Waals surface area contributed by atoms with Crippen LogP contribution in [0.5, 0.6) is 0 Å². The largest absolute Gasteiger partial charge is 0.326 e. The van der Waals surface area contributed by atoms with Gasteiger partial charge in [0.25, 0.3) is 5.56 Å². The Morgan fingerprint density at radius 3 is 2.53 bits per heavy atom. The van der Waals surface area contributed by atoms with Gasteiger partial charge in [0.05, 0.1) is 10.9 Å². The lowest BCUT2D eigenvalue weighted by molar-refractivity contribution is 0.619. The van der Waals surface area contributed by atoms with Crippen molar-refractivity contribution in [1.29, 1.82) is 0 Å².